The van der Waals surface area contributed by atoms with Gasteiger partial charge in [0, 0.05) is 12.2 Å². The molecule has 0 aliphatic carbocycles. The van der Waals surface area contributed by atoms with Crippen molar-refractivity contribution in [3.8, 4) is 0 Å². The summed E-state index contributed by atoms with van der Waals surface area (Å²) in [6.07, 6.45) is 0.978. The number of nitrogens with zero attached hydrogens (tertiary/aromatic N) is 4. The Morgan fingerprint density at radius 3 is 2.68 bits per heavy atom. The molecule has 0 atom stereocenters. The summed E-state index contributed by atoms with van der Waals surface area (Å²) in [6, 6.07) is 16.1. The lowest BCUT2D eigenvalue weighted by atomic mass is 10.2. The molecule has 112 valence electrons. The molecular weight excluding hydrogens is 274 g/mol. The van der Waals surface area contributed by atoms with Crippen LogP contribution in [0.5, 0.6) is 0 Å². The van der Waals surface area contributed by atoms with E-state index in [0.717, 1.165) is 29.7 Å². The molecule has 0 fully saturated rings. The van der Waals surface area contributed by atoms with E-state index >= 15 is 0 Å². The molecule has 0 unspecified atom stereocenters. The van der Waals surface area contributed by atoms with Crippen molar-refractivity contribution < 1.29 is 0 Å². The highest BCUT2D eigenvalue weighted by Crippen LogP contribution is 2.13. The highest BCUT2D eigenvalue weighted by Gasteiger charge is 2.10. The third-order valence-electron chi connectivity index (χ3n) is 3.35. The molecule has 0 spiro atoms. The third-order valence-corrected chi connectivity index (χ3v) is 3.35. The number of anilines is 1. The fourth-order valence-electron chi connectivity index (χ4n) is 2.17. The molecule has 5 heteroatoms. The number of hydrogen-bond acceptors (Lipinski definition) is 3. The Morgan fingerprint density at radius 2 is 1.91 bits per heavy atom. The third kappa shape index (κ3) is 2.98. The molecule has 0 saturated carbocycles. The molecule has 3 aromatic rings. The zero-order chi connectivity index (χ0) is 15.4. The molecule has 3 rings (SSSR count). The minimum Gasteiger partial charge on any atom is -0.324 e. The predicted octanol–water partition coefficient (Wildman–Crippen LogP) is 3.47. The van der Waals surface area contributed by atoms with E-state index < -0.39 is 0 Å². The van der Waals surface area contributed by atoms with Crippen molar-refractivity contribution in [1.82, 2.24) is 15.0 Å². The van der Waals surface area contributed by atoms with Crippen LogP contribution in [0.2, 0.25) is 0 Å². The molecule has 22 heavy (non-hydrogen) atoms. The highest BCUT2D eigenvalue weighted by atomic mass is 15.5. The van der Waals surface area contributed by atoms with Gasteiger partial charge < -0.3 is 5.32 Å². The average Bonchev–Trinajstić information content (AvgIpc) is 2.97. The molecule has 0 bridgehead atoms. The molecule has 2 aromatic carbocycles. The maximum absolute atomic E-state index is 4.62. The summed E-state index contributed by atoms with van der Waals surface area (Å²) >= 11 is 0. The van der Waals surface area contributed by atoms with Gasteiger partial charge >= 0.3 is 0 Å². The number of para-hydroxylation sites is 1. The van der Waals surface area contributed by atoms with Crippen LogP contribution in [0.15, 0.2) is 53.5 Å². The van der Waals surface area contributed by atoms with Gasteiger partial charge in [0.15, 0.2) is 0 Å². The fourth-order valence-corrected chi connectivity index (χ4v) is 2.17. The van der Waals surface area contributed by atoms with Crippen molar-refractivity contribution >= 4 is 22.7 Å². The summed E-state index contributed by atoms with van der Waals surface area (Å²) in [5, 5.41) is 11.8. The Bertz CT molecular complexity index is 786. The van der Waals surface area contributed by atoms with Gasteiger partial charge in [-0.3, -0.25) is 4.99 Å². The van der Waals surface area contributed by atoms with Crippen LogP contribution in [0.4, 0.5) is 5.69 Å². The zero-order valence-corrected chi connectivity index (χ0v) is 12.8. The van der Waals surface area contributed by atoms with Crippen LogP contribution in [-0.4, -0.2) is 27.5 Å². The largest absolute Gasteiger partial charge is 0.324 e. The number of aliphatic imine (C=N–C) groups is 1. The van der Waals surface area contributed by atoms with Gasteiger partial charge in [0.25, 0.3) is 0 Å². The van der Waals surface area contributed by atoms with Crippen LogP contribution < -0.4 is 5.32 Å². The van der Waals surface area contributed by atoms with Crippen LogP contribution in [0.25, 0.3) is 11.0 Å². The number of benzene rings is 2. The van der Waals surface area contributed by atoms with E-state index in [1.165, 1.54) is 5.56 Å². The maximum atomic E-state index is 4.62. The molecule has 0 radical (unpaired) electrons. The first kappa shape index (κ1) is 14.3. The van der Waals surface area contributed by atoms with Crippen molar-refractivity contribution in [3.05, 3.63) is 54.1 Å². The van der Waals surface area contributed by atoms with Crippen LogP contribution in [0, 0.1) is 6.92 Å². The van der Waals surface area contributed by atoms with E-state index in [4.69, 9.17) is 0 Å². The van der Waals surface area contributed by atoms with Gasteiger partial charge in [-0.1, -0.05) is 42.0 Å². The van der Waals surface area contributed by atoms with Crippen LogP contribution >= 0.6 is 0 Å². The second-order valence-electron chi connectivity index (χ2n) is 5.19. The molecule has 0 aliphatic heterocycles. The number of fused-ring (bicyclic) bond motifs is 1. The van der Waals surface area contributed by atoms with E-state index in [1.54, 1.807) is 4.68 Å². The maximum Gasteiger partial charge on any atom is 0.225 e. The summed E-state index contributed by atoms with van der Waals surface area (Å²) in [6.45, 7) is 4.91. The predicted molar refractivity (Wildman–Crippen MR) is 90.3 cm³/mol. The summed E-state index contributed by atoms with van der Waals surface area (Å²) < 4.78 is 1.75. The van der Waals surface area contributed by atoms with Crippen LogP contribution in [0.1, 0.15) is 18.9 Å². The molecule has 0 saturated heterocycles. The number of nitrogens with one attached hydrogen (secondary N) is 1. The molecule has 0 aliphatic rings. The van der Waals surface area contributed by atoms with Gasteiger partial charge in [0.2, 0.25) is 5.96 Å². The highest BCUT2D eigenvalue weighted by molar-refractivity contribution is 5.99. The monoisotopic (exact) mass is 293 g/mol. The number of aryl methyl sites for hydroxylation is 1. The molecule has 1 heterocycles. The summed E-state index contributed by atoms with van der Waals surface area (Å²) in [7, 11) is 0. The van der Waals surface area contributed by atoms with Gasteiger partial charge in [-0.05, 0) is 37.6 Å². The first-order valence-electron chi connectivity index (χ1n) is 7.47. The second kappa shape index (κ2) is 6.39. The van der Waals surface area contributed by atoms with E-state index in [2.05, 4.69) is 46.6 Å². The smallest absolute Gasteiger partial charge is 0.225 e. The Kier molecular flexibility index (Phi) is 4.14. The van der Waals surface area contributed by atoms with Crippen LogP contribution in [0.3, 0.4) is 0 Å². The number of hydrogen-bond donors (Lipinski definition) is 1. The van der Waals surface area contributed by atoms with E-state index in [0.29, 0.717) is 5.96 Å². The van der Waals surface area contributed by atoms with E-state index in [-0.39, 0.29) is 0 Å². The first-order chi connectivity index (χ1) is 10.8. The van der Waals surface area contributed by atoms with E-state index in [1.807, 2.05) is 36.4 Å². The van der Waals surface area contributed by atoms with Crippen LogP contribution in [-0.2, 0) is 0 Å². The van der Waals surface area contributed by atoms with Crippen molar-refractivity contribution in [2.24, 2.45) is 4.99 Å². The van der Waals surface area contributed by atoms with Gasteiger partial charge in [-0.15, -0.1) is 5.10 Å². The number of rotatable bonds is 3. The summed E-state index contributed by atoms with van der Waals surface area (Å²) in [5.74, 6) is 0.694. The lowest BCUT2D eigenvalue weighted by molar-refractivity contribution is 0.839. The molecule has 0 amide bonds. The lowest BCUT2D eigenvalue weighted by Crippen LogP contribution is -2.23. The Hall–Kier alpha value is -2.69. The standard InChI is InChI=1S/C17H19N5/c1-3-12-18-17(19-14-10-8-13(2)9-11-14)22-16-7-5-4-6-15(16)20-21-22/h4-11H,3,12H2,1-2H3,(H,18,19). The molecule has 1 N–H and O–H groups in total. The SMILES string of the molecule is CCCN=C(Nc1ccc(C)cc1)n1nnc2ccccc21. The molecular formula is C17H19N5. The Labute approximate surface area is 129 Å². The average molecular weight is 293 g/mol. The van der Waals surface area contributed by atoms with E-state index in [9.17, 15) is 0 Å². The molecule has 5 nitrogen and oxygen atoms in total. The topological polar surface area (TPSA) is 55.1 Å². The first-order valence-corrected chi connectivity index (χ1v) is 7.47. The zero-order valence-electron chi connectivity index (χ0n) is 12.8. The fraction of sp³-hybridized carbons (Fsp3) is 0.235. The van der Waals surface area contributed by atoms with Crippen molar-refractivity contribution in [2.75, 3.05) is 11.9 Å². The van der Waals surface area contributed by atoms with Crippen molar-refractivity contribution in [1.29, 1.82) is 0 Å². The van der Waals surface area contributed by atoms with Gasteiger partial charge in [-0.25, -0.2) is 0 Å². The van der Waals surface area contributed by atoms with Crippen molar-refractivity contribution in [2.45, 2.75) is 20.3 Å². The second-order valence-corrected chi connectivity index (χ2v) is 5.19. The summed E-state index contributed by atoms with van der Waals surface area (Å²) in [5.41, 5.74) is 4.01. The summed E-state index contributed by atoms with van der Waals surface area (Å²) in [4.78, 5) is 4.62. The van der Waals surface area contributed by atoms with Gasteiger partial charge in [0.05, 0.1) is 5.52 Å². The Balaban J connectivity index is 1.98. The van der Waals surface area contributed by atoms with Gasteiger partial charge in [-0.2, -0.15) is 4.68 Å². The minimum absolute atomic E-state index is 0.694. The number of aromatic nitrogens is 3. The minimum atomic E-state index is 0.694. The van der Waals surface area contributed by atoms with Gasteiger partial charge in [0.1, 0.15) is 5.52 Å². The lowest BCUT2D eigenvalue weighted by Gasteiger charge is -2.10. The van der Waals surface area contributed by atoms with Crippen molar-refractivity contribution in [3.63, 3.8) is 0 Å². The molecule has 1 aromatic heterocycles. The normalized spacial score (nSPS) is 11.8. The Morgan fingerprint density at radius 1 is 1.14 bits per heavy atom. The quantitative estimate of drug-likeness (QED) is 0.594.